The molecule has 6 heterocycles. The molecule has 22 heteroatoms. The van der Waals surface area contributed by atoms with Crippen LogP contribution in [0, 0.1) is 0 Å². The van der Waals surface area contributed by atoms with Crippen LogP contribution in [0.1, 0.15) is 109 Å². The van der Waals surface area contributed by atoms with Gasteiger partial charge in [-0.3, -0.25) is 39.1 Å². The van der Waals surface area contributed by atoms with E-state index in [1.54, 1.807) is 21.1 Å². The van der Waals surface area contributed by atoms with Crippen LogP contribution in [-0.4, -0.2) is 153 Å². The first-order chi connectivity index (χ1) is 39.4. The maximum Gasteiger partial charge on any atom is 0.494 e. The fourth-order valence-corrected chi connectivity index (χ4v) is 10.8. The number of likely N-dealkylation sites (N-methyl/N-ethyl adjacent to an activating group) is 3. The minimum Gasteiger partial charge on any atom is -0.399 e. The van der Waals surface area contributed by atoms with Gasteiger partial charge in [0.2, 0.25) is 5.91 Å². The number of alkyl halides is 1. The second-order valence-electron chi connectivity index (χ2n) is 22.7. The largest absolute Gasteiger partial charge is 0.494 e. The van der Waals surface area contributed by atoms with E-state index in [1.807, 2.05) is 94.7 Å². The zero-order valence-electron chi connectivity index (χ0n) is 47.5. The van der Waals surface area contributed by atoms with Crippen molar-refractivity contribution >= 4 is 108 Å². The lowest BCUT2D eigenvalue weighted by molar-refractivity contribution is -0.126. The van der Waals surface area contributed by atoms with Gasteiger partial charge in [-0.2, -0.15) is 0 Å². The molecule has 0 spiro atoms. The van der Waals surface area contributed by atoms with E-state index < -0.39 is 0 Å². The molecule has 1 N–H and O–H groups in total. The normalized spacial score (nSPS) is 19.0. The summed E-state index contributed by atoms with van der Waals surface area (Å²) < 4.78 is 14.3. The smallest absolute Gasteiger partial charge is 0.399 e. The Kier molecular flexibility index (Phi) is 19.8. The number of hydrogen-bond acceptors (Lipinski definition) is 10. The molecule has 0 aromatic heterocycles. The van der Waals surface area contributed by atoms with Gasteiger partial charge in [0.05, 0.1) is 24.3 Å². The number of imide groups is 3. The van der Waals surface area contributed by atoms with Crippen LogP contribution in [0.3, 0.4) is 0 Å². The summed E-state index contributed by atoms with van der Waals surface area (Å²) in [5, 5.41) is 3.05. The Bertz CT molecular complexity index is 3330. The molecule has 11 amide bonds. The molecule has 8 aliphatic rings. The number of nitrogens with one attached hydrogen (secondary N) is 1. The Hall–Kier alpha value is -6.72. The summed E-state index contributed by atoms with van der Waals surface area (Å²) in [5.41, 5.74) is 9.47. The van der Waals surface area contributed by atoms with Crippen LogP contribution in [0.2, 0.25) is 0 Å². The number of rotatable bonds is 9. The average Bonchev–Trinajstić information content (AvgIpc) is 3.88. The molecule has 18 nitrogen and oxygen atoms in total. The van der Waals surface area contributed by atoms with Gasteiger partial charge in [0.1, 0.15) is 19.6 Å². The number of amides is 11. The molecule has 442 valence electrons. The van der Waals surface area contributed by atoms with Crippen molar-refractivity contribution in [3.05, 3.63) is 157 Å². The summed E-state index contributed by atoms with van der Waals surface area (Å²) in [6.07, 6.45) is 4.52. The van der Waals surface area contributed by atoms with Crippen molar-refractivity contribution in [3.8, 4) is 11.1 Å². The van der Waals surface area contributed by atoms with Crippen LogP contribution in [0.15, 0.2) is 118 Å². The van der Waals surface area contributed by atoms with Gasteiger partial charge >= 0.3 is 25.2 Å². The molecule has 84 heavy (non-hydrogen) atoms. The first-order valence-electron chi connectivity index (χ1n) is 27.4. The molecule has 0 bridgehead atoms. The number of fused-ring (bicyclic) bond motifs is 2. The lowest BCUT2D eigenvalue weighted by atomic mass is 9.78. The van der Waals surface area contributed by atoms with Crippen molar-refractivity contribution in [1.29, 1.82) is 0 Å². The fourth-order valence-electron chi connectivity index (χ4n) is 9.90. The summed E-state index contributed by atoms with van der Waals surface area (Å²) in [5.74, 6) is -0.199. The standard InChI is InChI=1S/C22H21N3O3.C17H22BNO3.C11H11BrN2O2.C7H6Br2.C4H6N2O2.CH4/c1-23-13-20(26)25(22(23)28)11-14-2-4-15(5-3-14)16-6-9-19-17(10-16)12-24(21(19)27)18-7-8-18;1-16(2)17(3,4)22-18(21-16)12-5-8-14-11(9-12)10-19(15(14)20)13-6-7-13;1-13-7-10(15)14(11(13)16)6-8-2-4-9(12)5-3-8;8-5-6-1-3-7(9)4-2-6;1-6-2-3(7)5-4(6)8;/h2-6,9-10,18H,7-8,11-13H2,1H3;5,8-9,13H,6-7,10H2,1-4H3;2-5H,6-7H2,1H3;1-4H,5H2;2H2,1H3,(H,5,7,8);1H4. The van der Waals surface area contributed by atoms with E-state index in [9.17, 15) is 38.4 Å². The third-order valence-corrected chi connectivity index (χ3v) is 17.5. The quantitative estimate of drug-likeness (QED) is 0.0845. The molecule has 5 aromatic rings. The molecule has 2 saturated carbocycles. The van der Waals surface area contributed by atoms with Crippen molar-refractivity contribution in [2.24, 2.45) is 0 Å². The van der Waals surface area contributed by atoms with E-state index in [0.29, 0.717) is 25.2 Å². The van der Waals surface area contributed by atoms with Crippen molar-refractivity contribution in [3.63, 3.8) is 0 Å². The SMILES string of the molecule is BrCc1ccc(Br)cc1.C.CC1(C)OB(c2ccc3c(c2)CN(C2CC2)C3=O)OC1(C)C.CN1CC(=O)N(Cc2ccc(-c3ccc4c(c3)CN(C3CC3)C4=O)cc2)C1=O.CN1CC(=O)N(Cc2ccc(Br)cc2)C1=O.CN1CC(=O)NC1=O. The van der Waals surface area contributed by atoms with Gasteiger partial charge in [0.15, 0.2) is 0 Å². The zero-order chi connectivity index (χ0) is 59.7. The molecule has 13 rings (SSSR count). The van der Waals surface area contributed by atoms with Gasteiger partial charge in [-0.1, -0.05) is 122 Å². The molecular weight excluding hydrogens is 1270 g/mol. The monoisotopic (exact) mass is 1330 g/mol. The molecular formula is C62H70BBr3N8O10. The molecule has 0 radical (unpaired) electrons. The van der Waals surface area contributed by atoms with Gasteiger partial charge in [0, 0.05) is 71.7 Å². The highest BCUT2D eigenvalue weighted by Gasteiger charge is 2.52. The van der Waals surface area contributed by atoms with Crippen LogP contribution in [0.5, 0.6) is 0 Å². The first-order valence-corrected chi connectivity index (χ1v) is 30.1. The zero-order valence-corrected chi connectivity index (χ0v) is 52.2. The lowest BCUT2D eigenvalue weighted by Gasteiger charge is -2.32. The fraction of sp³-hybridized carbons (Fsp3) is 0.387. The Balaban J connectivity index is 0.000000147. The van der Waals surface area contributed by atoms with Crippen LogP contribution >= 0.6 is 47.8 Å². The van der Waals surface area contributed by atoms with E-state index in [-0.39, 0.29) is 99.6 Å². The van der Waals surface area contributed by atoms with Gasteiger partial charge in [0.25, 0.3) is 23.6 Å². The molecule has 6 fully saturated rings. The number of carbonyl (C=O) groups is 8. The number of hydrogen-bond donors (Lipinski definition) is 1. The Morgan fingerprint density at radius 2 is 0.940 bits per heavy atom. The van der Waals surface area contributed by atoms with Crippen LogP contribution in [0.4, 0.5) is 14.4 Å². The molecule has 0 atom stereocenters. The van der Waals surface area contributed by atoms with Crippen LogP contribution in [-0.2, 0) is 55.2 Å². The number of nitrogens with zero attached hydrogens (tertiary/aromatic N) is 7. The summed E-state index contributed by atoms with van der Waals surface area (Å²) in [6, 6.07) is 35.8. The summed E-state index contributed by atoms with van der Waals surface area (Å²) in [6.45, 7) is 10.8. The highest BCUT2D eigenvalue weighted by atomic mass is 79.9. The van der Waals surface area contributed by atoms with Crippen molar-refractivity contribution in [2.75, 3.05) is 40.8 Å². The predicted molar refractivity (Wildman–Crippen MR) is 331 cm³/mol. The summed E-state index contributed by atoms with van der Waals surface area (Å²) in [4.78, 5) is 103. The Morgan fingerprint density at radius 1 is 0.524 bits per heavy atom. The predicted octanol–water partition coefficient (Wildman–Crippen LogP) is 9.96. The molecule has 2 aliphatic carbocycles. The van der Waals surface area contributed by atoms with E-state index in [0.717, 1.165) is 96.5 Å². The van der Waals surface area contributed by atoms with Gasteiger partial charge in [-0.25, -0.2) is 14.4 Å². The Labute approximate surface area is 516 Å². The maximum absolute atomic E-state index is 12.5. The lowest BCUT2D eigenvalue weighted by Crippen LogP contribution is -2.41. The molecule has 5 aromatic carbocycles. The maximum atomic E-state index is 12.5. The van der Waals surface area contributed by atoms with E-state index >= 15 is 0 Å². The number of carbonyl (C=O) groups excluding carboxylic acids is 8. The van der Waals surface area contributed by atoms with Crippen LogP contribution in [0.25, 0.3) is 11.1 Å². The average molecular weight is 1340 g/mol. The van der Waals surface area contributed by atoms with Crippen LogP contribution < -0.4 is 10.8 Å². The molecule has 6 aliphatic heterocycles. The molecule has 4 saturated heterocycles. The topological polar surface area (TPSA) is 190 Å². The van der Waals surface area contributed by atoms with E-state index in [4.69, 9.17) is 9.31 Å². The summed E-state index contributed by atoms with van der Waals surface area (Å²) >= 11 is 10.1. The minimum absolute atomic E-state index is 0. The summed E-state index contributed by atoms with van der Waals surface area (Å²) in [7, 11) is 4.47. The minimum atomic E-state index is -0.361. The Morgan fingerprint density at radius 3 is 1.32 bits per heavy atom. The van der Waals surface area contributed by atoms with Crippen molar-refractivity contribution in [1.82, 2.24) is 39.6 Å². The highest BCUT2D eigenvalue weighted by Crippen LogP contribution is 2.39. The highest BCUT2D eigenvalue weighted by molar-refractivity contribution is 9.10. The second-order valence-corrected chi connectivity index (χ2v) is 25.1. The van der Waals surface area contributed by atoms with Crippen molar-refractivity contribution in [2.45, 2.75) is 116 Å². The first kappa shape index (κ1) is 63.3. The third kappa shape index (κ3) is 14.7. The second kappa shape index (κ2) is 26.3. The van der Waals surface area contributed by atoms with Gasteiger partial charge in [-0.15, -0.1) is 0 Å². The van der Waals surface area contributed by atoms with E-state index in [1.165, 1.54) is 30.1 Å². The number of urea groups is 3. The number of benzene rings is 5. The van der Waals surface area contributed by atoms with E-state index in [2.05, 4.69) is 105 Å². The van der Waals surface area contributed by atoms with Crippen molar-refractivity contribution < 1.29 is 47.7 Å². The molecule has 0 unspecified atom stereocenters. The van der Waals surface area contributed by atoms with Gasteiger partial charge in [-0.05, 0) is 140 Å². The van der Waals surface area contributed by atoms with Gasteiger partial charge < -0.3 is 33.8 Å². The number of halogens is 3. The third-order valence-electron chi connectivity index (χ3n) is 15.8.